The zero-order valence-electron chi connectivity index (χ0n) is 10.7. The topological polar surface area (TPSA) is 78.4 Å². The van der Waals surface area contributed by atoms with E-state index in [0.717, 1.165) is 5.56 Å². The SMILES string of the molecule is C[C@H](N)c1ccc(Oc2cccc([N+](=O)[O-])c2Br)cc1. The first-order chi connectivity index (χ1) is 9.49. The van der Waals surface area contributed by atoms with Gasteiger partial charge < -0.3 is 10.5 Å². The fourth-order valence-electron chi connectivity index (χ4n) is 1.69. The molecule has 0 spiro atoms. The Kier molecular flexibility index (Phi) is 4.36. The van der Waals surface area contributed by atoms with Crippen LogP contribution in [0.3, 0.4) is 0 Å². The molecule has 0 radical (unpaired) electrons. The van der Waals surface area contributed by atoms with Crippen molar-refractivity contribution in [1.82, 2.24) is 0 Å². The molecule has 0 saturated heterocycles. The number of nitrogens with zero attached hydrogens (tertiary/aromatic N) is 1. The number of hydrogen-bond donors (Lipinski definition) is 1. The van der Waals surface area contributed by atoms with E-state index in [-0.39, 0.29) is 11.7 Å². The number of rotatable bonds is 4. The van der Waals surface area contributed by atoms with Crippen molar-refractivity contribution in [2.45, 2.75) is 13.0 Å². The van der Waals surface area contributed by atoms with Gasteiger partial charge >= 0.3 is 0 Å². The van der Waals surface area contributed by atoms with Gasteiger partial charge in [-0.2, -0.15) is 0 Å². The lowest BCUT2D eigenvalue weighted by Gasteiger charge is -2.10. The van der Waals surface area contributed by atoms with Crippen molar-refractivity contribution in [2.75, 3.05) is 0 Å². The summed E-state index contributed by atoms with van der Waals surface area (Å²) in [4.78, 5) is 10.4. The Hall–Kier alpha value is -1.92. The molecule has 0 heterocycles. The van der Waals surface area contributed by atoms with Crippen molar-refractivity contribution < 1.29 is 9.66 Å². The monoisotopic (exact) mass is 336 g/mol. The second kappa shape index (κ2) is 6.02. The predicted octanol–water partition coefficient (Wildman–Crippen LogP) is 4.17. The summed E-state index contributed by atoms with van der Waals surface area (Å²) in [6.07, 6.45) is 0. The number of halogens is 1. The van der Waals surface area contributed by atoms with Crippen LogP contribution in [0.1, 0.15) is 18.5 Å². The maximum Gasteiger partial charge on any atom is 0.287 e. The molecule has 2 rings (SSSR count). The normalized spacial score (nSPS) is 11.9. The third kappa shape index (κ3) is 3.15. The smallest absolute Gasteiger partial charge is 0.287 e. The molecule has 0 fully saturated rings. The maximum atomic E-state index is 10.9. The third-order valence-corrected chi connectivity index (χ3v) is 3.57. The number of nitro benzene ring substituents is 1. The van der Waals surface area contributed by atoms with Gasteiger partial charge in [0.15, 0.2) is 0 Å². The van der Waals surface area contributed by atoms with E-state index in [9.17, 15) is 10.1 Å². The molecule has 1 atom stereocenters. The molecule has 0 aliphatic carbocycles. The highest BCUT2D eigenvalue weighted by Crippen LogP contribution is 2.36. The van der Waals surface area contributed by atoms with Crippen molar-refractivity contribution in [3.8, 4) is 11.5 Å². The van der Waals surface area contributed by atoms with Crippen LogP contribution in [-0.2, 0) is 0 Å². The lowest BCUT2D eigenvalue weighted by molar-refractivity contribution is -0.385. The molecule has 0 aromatic heterocycles. The first kappa shape index (κ1) is 14.5. The molecule has 0 aliphatic heterocycles. The summed E-state index contributed by atoms with van der Waals surface area (Å²) in [5.41, 5.74) is 6.73. The van der Waals surface area contributed by atoms with Crippen molar-refractivity contribution in [2.24, 2.45) is 5.73 Å². The molecule has 5 nitrogen and oxygen atoms in total. The van der Waals surface area contributed by atoms with E-state index in [1.165, 1.54) is 6.07 Å². The second-order valence-corrected chi connectivity index (χ2v) is 5.10. The highest BCUT2D eigenvalue weighted by Gasteiger charge is 2.16. The molecular weight excluding hydrogens is 324 g/mol. The van der Waals surface area contributed by atoms with Crippen LogP contribution in [0.15, 0.2) is 46.9 Å². The van der Waals surface area contributed by atoms with E-state index >= 15 is 0 Å². The minimum Gasteiger partial charge on any atom is -0.456 e. The second-order valence-electron chi connectivity index (χ2n) is 4.31. The summed E-state index contributed by atoms with van der Waals surface area (Å²) in [6, 6.07) is 11.9. The van der Waals surface area contributed by atoms with Gasteiger partial charge in [0.2, 0.25) is 0 Å². The summed E-state index contributed by atoms with van der Waals surface area (Å²) in [6.45, 7) is 1.90. The van der Waals surface area contributed by atoms with E-state index in [1.807, 2.05) is 19.1 Å². The van der Waals surface area contributed by atoms with Crippen LogP contribution in [-0.4, -0.2) is 4.92 Å². The maximum absolute atomic E-state index is 10.9. The number of nitro groups is 1. The summed E-state index contributed by atoms with van der Waals surface area (Å²) in [5.74, 6) is 0.989. The predicted molar refractivity (Wildman–Crippen MR) is 79.9 cm³/mol. The van der Waals surface area contributed by atoms with E-state index in [0.29, 0.717) is 16.0 Å². The summed E-state index contributed by atoms with van der Waals surface area (Å²) >= 11 is 3.19. The van der Waals surface area contributed by atoms with Crippen LogP contribution >= 0.6 is 15.9 Å². The fourth-order valence-corrected chi connectivity index (χ4v) is 2.18. The van der Waals surface area contributed by atoms with Crippen LogP contribution in [0.5, 0.6) is 11.5 Å². The Balaban J connectivity index is 2.26. The molecule has 20 heavy (non-hydrogen) atoms. The van der Waals surface area contributed by atoms with Gasteiger partial charge in [0.05, 0.1) is 4.92 Å². The van der Waals surface area contributed by atoms with Crippen LogP contribution in [0, 0.1) is 10.1 Å². The van der Waals surface area contributed by atoms with Crippen molar-refractivity contribution in [3.05, 3.63) is 62.6 Å². The average Bonchev–Trinajstić information content (AvgIpc) is 2.41. The van der Waals surface area contributed by atoms with Crippen molar-refractivity contribution >= 4 is 21.6 Å². The molecule has 0 unspecified atom stereocenters. The fraction of sp³-hybridized carbons (Fsp3) is 0.143. The molecule has 0 aliphatic rings. The quantitative estimate of drug-likeness (QED) is 0.671. The summed E-state index contributed by atoms with van der Waals surface area (Å²) < 4.78 is 5.96. The van der Waals surface area contributed by atoms with E-state index < -0.39 is 4.92 Å². The molecule has 0 saturated carbocycles. The van der Waals surface area contributed by atoms with Crippen LogP contribution < -0.4 is 10.5 Å². The summed E-state index contributed by atoms with van der Waals surface area (Å²) in [7, 11) is 0. The zero-order valence-corrected chi connectivity index (χ0v) is 12.3. The van der Waals surface area contributed by atoms with Gasteiger partial charge in [-0.1, -0.05) is 18.2 Å². The van der Waals surface area contributed by atoms with Gasteiger partial charge in [0.1, 0.15) is 16.0 Å². The Morgan fingerprint density at radius 1 is 1.25 bits per heavy atom. The van der Waals surface area contributed by atoms with Gasteiger partial charge in [-0.05, 0) is 46.6 Å². The van der Waals surface area contributed by atoms with Crippen LogP contribution in [0.2, 0.25) is 0 Å². The van der Waals surface area contributed by atoms with Gasteiger partial charge in [-0.3, -0.25) is 10.1 Å². The molecular formula is C14H13BrN2O3. The molecule has 2 N–H and O–H groups in total. The Morgan fingerprint density at radius 2 is 1.90 bits per heavy atom. The van der Waals surface area contributed by atoms with Gasteiger partial charge in [-0.15, -0.1) is 0 Å². The number of hydrogen-bond acceptors (Lipinski definition) is 4. The number of benzene rings is 2. The first-order valence-corrected chi connectivity index (χ1v) is 6.74. The first-order valence-electron chi connectivity index (χ1n) is 5.95. The highest BCUT2D eigenvalue weighted by atomic mass is 79.9. The van der Waals surface area contributed by atoms with E-state index in [2.05, 4.69) is 15.9 Å². The zero-order chi connectivity index (χ0) is 14.7. The lowest BCUT2D eigenvalue weighted by atomic mass is 10.1. The minimum atomic E-state index is -0.462. The Morgan fingerprint density at radius 3 is 2.45 bits per heavy atom. The molecule has 0 amide bonds. The Labute approximate surface area is 124 Å². The molecule has 104 valence electrons. The summed E-state index contributed by atoms with van der Waals surface area (Å²) in [5, 5.41) is 10.9. The number of ether oxygens (including phenoxy) is 1. The van der Waals surface area contributed by atoms with E-state index in [1.54, 1.807) is 24.3 Å². The highest BCUT2D eigenvalue weighted by molar-refractivity contribution is 9.10. The van der Waals surface area contributed by atoms with E-state index in [4.69, 9.17) is 10.5 Å². The van der Waals surface area contributed by atoms with Gasteiger partial charge in [0.25, 0.3) is 5.69 Å². The molecule has 6 heteroatoms. The van der Waals surface area contributed by atoms with Crippen LogP contribution in [0.25, 0.3) is 0 Å². The lowest BCUT2D eigenvalue weighted by Crippen LogP contribution is -2.04. The molecule has 2 aromatic rings. The van der Waals surface area contributed by atoms with Crippen LogP contribution in [0.4, 0.5) is 5.69 Å². The van der Waals surface area contributed by atoms with Gasteiger partial charge in [-0.25, -0.2) is 0 Å². The van der Waals surface area contributed by atoms with Gasteiger partial charge in [0, 0.05) is 12.1 Å². The average molecular weight is 337 g/mol. The number of nitrogens with two attached hydrogens (primary N) is 1. The van der Waals surface area contributed by atoms with Crippen molar-refractivity contribution in [1.29, 1.82) is 0 Å². The third-order valence-electron chi connectivity index (χ3n) is 2.77. The largest absolute Gasteiger partial charge is 0.456 e. The molecule has 2 aromatic carbocycles. The minimum absolute atomic E-state index is 0.0327. The van der Waals surface area contributed by atoms with Crippen molar-refractivity contribution in [3.63, 3.8) is 0 Å². The Bertz CT molecular complexity index is 627. The standard InChI is InChI=1S/C14H13BrN2O3/c1-9(16)10-5-7-11(8-6-10)20-13-4-2-3-12(14(13)15)17(18)19/h2-9H,16H2,1H3/t9-/m0/s1. The molecule has 0 bridgehead atoms.